The number of nitrogens with one attached hydrogen (secondary N) is 2. The molecule has 1 amide bonds. The first-order valence-electron chi connectivity index (χ1n) is 11.6. The maximum Gasteiger partial charge on any atom is 0.254 e. The molecule has 0 aromatic heterocycles. The van der Waals surface area contributed by atoms with Gasteiger partial charge in [-0.3, -0.25) is 4.79 Å². The van der Waals surface area contributed by atoms with Crippen LogP contribution in [0.5, 0.6) is 0 Å². The quantitative estimate of drug-likeness (QED) is 0.501. The molecule has 1 fully saturated rings. The predicted octanol–water partition coefficient (Wildman–Crippen LogP) is 5.36. The van der Waals surface area contributed by atoms with Crippen molar-refractivity contribution in [2.24, 2.45) is 0 Å². The lowest BCUT2D eigenvalue weighted by Gasteiger charge is -2.33. The van der Waals surface area contributed by atoms with E-state index in [9.17, 15) is 4.79 Å². The molecule has 0 aliphatic carbocycles. The summed E-state index contributed by atoms with van der Waals surface area (Å²) >= 11 is 12.6. The Morgan fingerprint density at radius 2 is 1.74 bits per heavy atom. The zero-order valence-electron chi connectivity index (χ0n) is 19.2. The summed E-state index contributed by atoms with van der Waals surface area (Å²) in [6.07, 6.45) is 0.728. The van der Waals surface area contributed by atoms with E-state index >= 15 is 0 Å². The third-order valence-electron chi connectivity index (χ3n) is 6.76. The van der Waals surface area contributed by atoms with E-state index in [4.69, 9.17) is 23.2 Å². The van der Waals surface area contributed by atoms with Gasteiger partial charge in [0.15, 0.2) is 0 Å². The van der Waals surface area contributed by atoms with Gasteiger partial charge in [-0.15, -0.1) is 0 Å². The summed E-state index contributed by atoms with van der Waals surface area (Å²) in [6, 6.07) is 21.8. The number of piperazine rings is 1. The molecule has 2 aliphatic rings. The number of nitrogens with zero attached hydrogens (tertiary/aromatic N) is 2. The number of benzene rings is 3. The van der Waals surface area contributed by atoms with Gasteiger partial charge in [0, 0.05) is 71.7 Å². The van der Waals surface area contributed by atoms with Crippen molar-refractivity contribution in [3.8, 4) is 0 Å². The molecular formula is C27H28Cl2N4O. The predicted molar refractivity (Wildman–Crippen MR) is 140 cm³/mol. The van der Waals surface area contributed by atoms with E-state index in [0.717, 1.165) is 60.1 Å². The maximum atomic E-state index is 13.2. The van der Waals surface area contributed by atoms with Gasteiger partial charge in [0.2, 0.25) is 0 Å². The number of carbonyl (C=O) groups excluding carboxylic acids is 1. The fourth-order valence-electron chi connectivity index (χ4n) is 4.93. The number of fused-ring (bicyclic) bond motifs is 1. The molecule has 0 radical (unpaired) electrons. The number of hydrogen-bond acceptors (Lipinski definition) is 4. The molecule has 5 rings (SSSR count). The van der Waals surface area contributed by atoms with Crippen LogP contribution in [-0.2, 0) is 12.0 Å². The number of carbonyl (C=O) groups is 1. The number of hydrogen-bond donors (Lipinski definition) is 2. The van der Waals surface area contributed by atoms with Crippen LogP contribution in [0.4, 0.5) is 11.4 Å². The average Bonchev–Trinajstić information content (AvgIpc) is 3.16. The first-order valence-corrected chi connectivity index (χ1v) is 12.3. The molecule has 7 heteroatoms. The Balaban J connectivity index is 1.46. The van der Waals surface area contributed by atoms with Crippen molar-refractivity contribution < 1.29 is 4.79 Å². The minimum absolute atomic E-state index is 0.0809. The molecule has 1 atom stereocenters. The molecule has 2 N–H and O–H groups in total. The fraction of sp³-hybridized carbons (Fsp3) is 0.296. The van der Waals surface area contributed by atoms with Crippen molar-refractivity contribution >= 4 is 40.5 Å². The van der Waals surface area contributed by atoms with Crippen molar-refractivity contribution in [2.75, 3.05) is 50.4 Å². The van der Waals surface area contributed by atoms with Crippen LogP contribution in [0.3, 0.4) is 0 Å². The lowest BCUT2D eigenvalue weighted by atomic mass is 9.85. The normalized spacial score (nSPS) is 20.0. The van der Waals surface area contributed by atoms with Gasteiger partial charge in [0.25, 0.3) is 5.91 Å². The highest BCUT2D eigenvalue weighted by Gasteiger charge is 2.39. The van der Waals surface area contributed by atoms with Gasteiger partial charge in [-0.2, -0.15) is 0 Å². The van der Waals surface area contributed by atoms with Crippen molar-refractivity contribution in [3.05, 3.63) is 93.5 Å². The largest absolute Gasteiger partial charge is 0.382 e. The second kappa shape index (κ2) is 9.49. The van der Waals surface area contributed by atoms with E-state index in [2.05, 4.69) is 34.7 Å². The summed E-state index contributed by atoms with van der Waals surface area (Å²) in [6.45, 7) is 3.99. The Kier molecular flexibility index (Phi) is 6.43. The van der Waals surface area contributed by atoms with Crippen LogP contribution in [0.15, 0.2) is 66.7 Å². The number of halogens is 2. The van der Waals surface area contributed by atoms with E-state index in [1.165, 1.54) is 0 Å². The Hall–Kier alpha value is -2.73. The first kappa shape index (κ1) is 23.0. The smallest absolute Gasteiger partial charge is 0.254 e. The summed E-state index contributed by atoms with van der Waals surface area (Å²) in [7, 11) is 2.09. The molecule has 1 saturated heterocycles. The molecule has 176 valence electrons. The third-order valence-corrected chi connectivity index (χ3v) is 7.23. The van der Waals surface area contributed by atoms with E-state index < -0.39 is 5.54 Å². The highest BCUT2D eigenvalue weighted by atomic mass is 35.5. The minimum atomic E-state index is -0.417. The highest BCUT2D eigenvalue weighted by Crippen LogP contribution is 2.41. The molecule has 0 bridgehead atoms. The van der Waals surface area contributed by atoms with Crippen LogP contribution in [0.25, 0.3) is 0 Å². The highest BCUT2D eigenvalue weighted by molar-refractivity contribution is 6.31. The standard InChI is InChI=1S/C27H28Cl2N4O/c1-32-10-12-33(13-11-32)26(34)20-5-3-7-23(15-20)31-27(17-19-4-2-6-21(28)14-19)18-30-25-16-22(29)8-9-24(25)27/h2-9,14-16,30-31H,10-13,17-18H2,1H3. The third kappa shape index (κ3) is 4.74. The molecule has 3 aromatic carbocycles. The molecule has 2 heterocycles. The number of anilines is 2. The molecular weight excluding hydrogens is 467 g/mol. The SMILES string of the molecule is CN1CCN(C(=O)c2cccc(NC3(Cc4cccc(Cl)c4)CNc4cc(Cl)ccc43)c2)CC1. The fourth-order valence-corrected chi connectivity index (χ4v) is 5.31. The topological polar surface area (TPSA) is 47.6 Å². The van der Waals surface area contributed by atoms with Crippen molar-refractivity contribution in [1.82, 2.24) is 9.80 Å². The Bertz CT molecular complexity index is 1210. The second-order valence-corrected chi connectivity index (χ2v) is 10.1. The van der Waals surface area contributed by atoms with E-state index in [1.54, 1.807) is 0 Å². The van der Waals surface area contributed by atoms with Crippen LogP contribution in [0.1, 0.15) is 21.5 Å². The van der Waals surface area contributed by atoms with Crippen LogP contribution < -0.4 is 10.6 Å². The molecule has 0 spiro atoms. The van der Waals surface area contributed by atoms with E-state index in [1.807, 2.05) is 59.5 Å². The van der Waals surface area contributed by atoms with Crippen LogP contribution in [0.2, 0.25) is 10.0 Å². The monoisotopic (exact) mass is 494 g/mol. The van der Waals surface area contributed by atoms with E-state index in [0.29, 0.717) is 17.1 Å². The van der Waals surface area contributed by atoms with Gasteiger partial charge in [-0.25, -0.2) is 0 Å². The molecule has 3 aromatic rings. The minimum Gasteiger partial charge on any atom is -0.382 e. The second-order valence-electron chi connectivity index (χ2n) is 9.23. The number of likely N-dealkylation sites (N-methyl/N-ethyl adjacent to an activating group) is 1. The van der Waals surface area contributed by atoms with Crippen molar-refractivity contribution in [3.63, 3.8) is 0 Å². The van der Waals surface area contributed by atoms with Gasteiger partial charge in [0.1, 0.15) is 0 Å². The van der Waals surface area contributed by atoms with Crippen LogP contribution in [0, 0.1) is 0 Å². The van der Waals surface area contributed by atoms with Crippen molar-refractivity contribution in [1.29, 1.82) is 0 Å². The number of amides is 1. The summed E-state index contributed by atoms with van der Waals surface area (Å²) in [5.74, 6) is 0.0809. The Morgan fingerprint density at radius 1 is 0.971 bits per heavy atom. The van der Waals surface area contributed by atoms with Gasteiger partial charge in [-0.05, 0) is 55.1 Å². The van der Waals surface area contributed by atoms with Crippen LogP contribution in [-0.4, -0.2) is 55.5 Å². The van der Waals surface area contributed by atoms with Crippen LogP contribution >= 0.6 is 23.2 Å². The molecule has 0 saturated carbocycles. The molecule has 2 aliphatic heterocycles. The average molecular weight is 495 g/mol. The Morgan fingerprint density at radius 3 is 2.53 bits per heavy atom. The number of rotatable bonds is 5. The summed E-state index contributed by atoms with van der Waals surface area (Å²) in [4.78, 5) is 17.4. The zero-order valence-corrected chi connectivity index (χ0v) is 20.7. The van der Waals surface area contributed by atoms with Crippen molar-refractivity contribution in [2.45, 2.75) is 12.0 Å². The molecule has 34 heavy (non-hydrogen) atoms. The Labute approximate surface area is 210 Å². The van der Waals surface area contributed by atoms with E-state index in [-0.39, 0.29) is 5.91 Å². The summed E-state index contributed by atoms with van der Waals surface area (Å²) in [5, 5.41) is 8.71. The lowest BCUT2D eigenvalue weighted by Crippen LogP contribution is -2.47. The first-order chi connectivity index (χ1) is 16.4. The maximum absolute atomic E-state index is 13.2. The zero-order chi connectivity index (χ0) is 23.7. The molecule has 1 unspecified atom stereocenters. The van der Waals surface area contributed by atoms with Gasteiger partial charge >= 0.3 is 0 Å². The van der Waals surface area contributed by atoms with Gasteiger partial charge in [-0.1, -0.05) is 47.5 Å². The van der Waals surface area contributed by atoms with Gasteiger partial charge in [0.05, 0.1) is 5.54 Å². The van der Waals surface area contributed by atoms with Gasteiger partial charge < -0.3 is 20.4 Å². The summed E-state index contributed by atoms with van der Waals surface area (Å²) in [5.41, 5.74) is 4.50. The molecule has 5 nitrogen and oxygen atoms in total. The summed E-state index contributed by atoms with van der Waals surface area (Å²) < 4.78 is 0. The lowest BCUT2D eigenvalue weighted by molar-refractivity contribution is 0.0664.